The first-order chi connectivity index (χ1) is 7.48. The number of nitrogens with zero attached hydrogens (tertiary/aromatic N) is 1. The van der Waals surface area contributed by atoms with Gasteiger partial charge < -0.3 is 15.2 Å². The van der Waals surface area contributed by atoms with Crippen molar-refractivity contribution in [3.05, 3.63) is 23.9 Å². The number of nitrogens with one attached hydrogen (secondary N) is 1. The van der Waals surface area contributed by atoms with E-state index in [1.165, 1.54) is 7.11 Å². The van der Waals surface area contributed by atoms with Crippen LogP contribution in [0.15, 0.2) is 18.2 Å². The Labute approximate surface area is 94.5 Å². The van der Waals surface area contributed by atoms with Crippen LogP contribution in [0, 0.1) is 0 Å². The number of carbonyl (C=O) groups excluding carboxylic acids is 1. The van der Waals surface area contributed by atoms with E-state index in [2.05, 4.69) is 10.3 Å². The van der Waals surface area contributed by atoms with E-state index in [1.807, 2.05) is 0 Å². The normalized spacial score (nSPS) is 11.0. The van der Waals surface area contributed by atoms with Gasteiger partial charge >= 0.3 is 0 Å². The highest BCUT2D eigenvalue weighted by molar-refractivity contribution is 5.92. The number of carbonyl (C=O) groups is 1. The zero-order valence-corrected chi connectivity index (χ0v) is 9.65. The van der Waals surface area contributed by atoms with Crippen LogP contribution >= 0.6 is 0 Å². The van der Waals surface area contributed by atoms with Gasteiger partial charge in [0, 0.05) is 6.07 Å². The Kier molecular flexibility index (Phi) is 3.84. The third-order valence-corrected chi connectivity index (χ3v) is 2.01. The number of amides is 1. The van der Waals surface area contributed by atoms with Gasteiger partial charge in [-0.25, -0.2) is 4.98 Å². The number of pyridine rings is 1. The second-order valence-electron chi connectivity index (χ2n) is 4.06. The number of ether oxygens (including phenoxy) is 1. The Morgan fingerprint density at radius 1 is 1.56 bits per heavy atom. The van der Waals surface area contributed by atoms with Crippen LogP contribution in [-0.2, 0) is 0 Å². The maximum absolute atomic E-state index is 11.7. The monoisotopic (exact) mass is 224 g/mol. The van der Waals surface area contributed by atoms with Gasteiger partial charge in [0.15, 0.2) is 0 Å². The Bertz CT molecular complexity index is 377. The van der Waals surface area contributed by atoms with Crippen molar-refractivity contribution in [1.82, 2.24) is 10.3 Å². The first-order valence-corrected chi connectivity index (χ1v) is 4.93. The predicted molar refractivity (Wildman–Crippen MR) is 59.4 cm³/mol. The Balaban J connectivity index is 2.80. The molecule has 1 aromatic rings. The molecule has 0 bridgehead atoms. The van der Waals surface area contributed by atoms with Gasteiger partial charge in [0.25, 0.3) is 5.91 Å². The molecule has 1 heterocycles. The van der Waals surface area contributed by atoms with Crippen molar-refractivity contribution < 1.29 is 14.6 Å². The molecule has 0 saturated heterocycles. The number of aromatic nitrogens is 1. The highest BCUT2D eigenvalue weighted by atomic mass is 16.5. The lowest BCUT2D eigenvalue weighted by Crippen LogP contribution is -2.46. The summed E-state index contributed by atoms with van der Waals surface area (Å²) in [6.07, 6.45) is 0. The molecule has 1 aromatic heterocycles. The highest BCUT2D eigenvalue weighted by Gasteiger charge is 2.20. The maximum Gasteiger partial charge on any atom is 0.270 e. The summed E-state index contributed by atoms with van der Waals surface area (Å²) in [4.78, 5) is 15.7. The van der Waals surface area contributed by atoms with Crippen molar-refractivity contribution in [3.8, 4) is 5.88 Å². The fourth-order valence-electron chi connectivity index (χ4n) is 1.07. The van der Waals surface area contributed by atoms with Crippen molar-refractivity contribution in [2.75, 3.05) is 13.7 Å². The molecule has 0 unspecified atom stereocenters. The molecule has 16 heavy (non-hydrogen) atoms. The first-order valence-electron chi connectivity index (χ1n) is 4.93. The summed E-state index contributed by atoms with van der Waals surface area (Å²) < 4.78 is 4.92. The van der Waals surface area contributed by atoms with Gasteiger partial charge in [-0.2, -0.15) is 0 Å². The van der Waals surface area contributed by atoms with Crippen molar-refractivity contribution in [2.24, 2.45) is 0 Å². The summed E-state index contributed by atoms with van der Waals surface area (Å²) in [7, 11) is 1.49. The molecule has 0 spiro atoms. The second-order valence-corrected chi connectivity index (χ2v) is 4.06. The number of methoxy groups -OCH3 is 1. The molecule has 88 valence electrons. The van der Waals surface area contributed by atoms with Crippen LogP contribution in [0.25, 0.3) is 0 Å². The molecule has 0 saturated carbocycles. The number of hydrogen-bond acceptors (Lipinski definition) is 4. The lowest BCUT2D eigenvalue weighted by Gasteiger charge is -2.23. The van der Waals surface area contributed by atoms with Crippen molar-refractivity contribution in [2.45, 2.75) is 19.4 Å². The summed E-state index contributed by atoms with van der Waals surface area (Å²) in [5.41, 5.74) is -0.400. The summed E-state index contributed by atoms with van der Waals surface area (Å²) in [6.45, 7) is 3.32. The lowest BCUT2D eigenvalue weighted by molar-refractivity contribution is 0.0863. The van der Waals surface area contributed by atoms with E-state index < -0.39 is 5.54 Å². The highest BCUT2D eigenvalue weighted by Crippen LogP contribution is 2.08. The van der Waals surface area contributed by atoms with Crippen LogP contribution < -0.4 is 10.1 Å². The van der Waals surface area contributed by atoms with Crippen LogP contribution in [0.4, 0.5) is 0 Å². The lowest BCUT2D eigenvalue weighted by atomic mass is 10.1. The second kappa shape index (κ2) is 4.94. The first kappa shape index (κ1) is 12.4. The quantitative estimate of drug-likeness (QED) is 0.785. The zero-order valence-electron chi connectivity index (χ0n) is 9.65. The average molecular weight is 224 g/mol. The summed E-state index contributed by atoms with van der Waals surface area (Å²) in [6, 6.07) is 4.94. The summed E-state index contributed by atoms with van der Waals surface area (Å²) in [5.74, 6) is 0.0485. The number of rotatable bonds is 4. The van der Waals surface area contributed by atoms with Gasteiger partial charge in [-0.05, 0) is 19.9 Å². The van der Waals surface area contributed by atoms with E-state index in [0.717, 1.165) is 0 Å². The fraction of sp³-hybridized carbons (Fsp3) is 0.455. The summed E-state index contributed by atoms with van der Waals surface area (Å²) >= 11 is 0. The largest absolute Gasteiger partial charge is 0.481 e. The Morgan fingerprint density at radius 3 is 2.81 bits per heavy atom. The molecular weight excluding hydrogens is 208 g/mol. The third kappa shape index (κ3) is 3.20. The van der Waals surface area contributed by atoms with Crippen molar-refractivity contribution >= 4 is 5.91 Å². The van der Waals surface area contributed by atoms with E-state index in [-0.39, 0.29) is 18.2 Å². The number of aliphatic hydroxyl groups is 1. The molecule has 0 atom stereocenters. The van der Waals surface area contributed by atoms with Gasteiger partial charge in [-0.15, -0.1) is 0 Å². The van der Waals surface area contributed by atoms with E-state index >= 15 is 0 Å². The van der Waals surface area contributed by atoms with Crippen LogP contribution in [-0.4, -0.2) is 35.3 Å². The van der Waals surface area contributed by atoms with Crippen molar-refractivity contribution in [3.63, 3.8) is 0 Å². The Morgan fingerprint density at radius 2 is 2.25 bits per heavy atom. The molecule has 0 aromatic carbocycles. The molecule has 0 radical (unpaired) electrons. The van der Waals surface area contributed by atoms with Gasteiger partial charge in [0.1, 0.15) is 5.69 Å². The van der Waals surface area contributed by atoms with E-state index in [4.69, 9.17) is 9.84 Å². The maximum atomic E-state index is 11.7. The third-order valence-electron chi connectivity index (χ3n) is 2.01. The molecule has 0 aliphatic carbocycles. The molecule has 5 nitrogen and oxygen atoms in total. The van der Waals surface area contributed by atoms with Crippen molar-refractivity contribution in [1.29, 1.82) is 0 Å². The van der Waals surface area contributed by atoms with Crippen LogP contribution in [0.3, 0.4) is 0 Å². The molecule has 2 N–H and O–H groups in total. The molecule has 1 rings (SSSR count). The van der Waals surface area contributed by atoms with Gasteiger partial charge in [0.2, 0.25) is 5.88 Å². The molecular formula is C11H16N2O3. The van der Waals surface area contributed by atoms with E-state index in [1.54, 1.807) is 32.0 Å². The van der Waals surface area contributed by atoms with Crippen LogP contribution in [0.5, 0.6) is 5.88 Å². The van der Waals surface area contributed by atoms with Crippen LogP contribution in [0.2, 0.25) is 0 Å². The van der Waals surface area contributed by atoms with Crippen LogP contribution in [0.1, 0.15) is 24.3 Å². The average Bonchev–Trinajstić information content (AvgIpc) is 2.28. The minimum Gasteiger partial charge on any atom is -0.481 e. The molecule has 0 aliphatic rings. The predicted octanol–water partition coefficient (Wildman–Crippen LogP) is 0.591. The minimum atomic E-state index is -0.665. The smallest absolute Gasteiger partial charge is 0.270 e. The molecule has 0 fully saturated rings. The molecule has 1 amide bonds. The van der Waals surface area contributed by atoms with E-state index in [9.17, 15) is 4.79 Å². The standard InChI is InChI=1S/C11H16N2O3/c1-11(2,7-14)13-10(15)8-5-4-6-9(12-8)16-3/h4-6,14H,7H2,1-3H3,(H,13,15). The van der Waals surface area contributed by atoms with E-state index in [0.29, 0.717) is 5.88 Å². The zero-order chi connectivity index (χ0) is 12.2. The number of hydrogen-bond donors (Lipinski definition) is 2. The molecule has 5 heteroatoms. The van der Waals surface area contributed by atoms with Gasteiger partial charge in [-0.1, -0.05) is 6.07 Å². The SMILES string of the molecule is COc1cccc(C(=O)NC(C)(C)CO)n1. The topological polar surface area (TPSA) is 71.5 Å². The number of aliphatic hydroxyl groups excluding tert-OH is 1. The Hall–Kier alpha value is -1.62. The fourth-order valence-corrected chi connectivity index (χ4v) is 1.07. The molecule has 0 aliphatic heterocycles. The van der Waals surface area contributed by atoms with Gasteiger partial charge in [0.05, 0.1) is 19.3 Å². The minimum absolute atomic E-state index is 0.136. The van der Waals surface area contributed by atoms with Gasteiger partial charge in [-0.3, -0.25) is 4.79 Å². The summed E-state index contributed by atoms with van der Waals surface area (Å²) in [5, 5.41) is 11.7.